The fraction of sp³-hybridized carbons (Fsp3) is 0.412. The van der Waals surface area contributed by atoms with E-state index < -0.39 is 6.04 Å². The van der Waals surface area contributed by atoms with Crippen molar-refractivity contribution in [2.24, 2.45) is 0 Å². The van der Waals surface area contributed by atoms with Gasteiger partial charge >= 0.3 is 0 Å². The van der Waals surface area contributed by atoms with Crippen molar-refractivity contribution >= 4 is 29.5 Å². The number of amides is 2. The lowest BCUT2D eigenvalue weighted by molar-refractivity contribution is -0.138. The van der Waals surface area contributed by atoms with E-state index in [1.807, 2.05) is 0 Å². The molecule has 1 unspecified atom stereocenters. The minimum absolute atomic E-state index is 0.115. The van der Waals surface area contributed by atoms with Gasteiger partial charge in [0, 0.05) is 19.2 Å². The highest BCUT2D eigenvalue weighted by Crippen LogP contribution is 2.40. The van der Waals surface area contributed by atoms with E-state index in [1.165, 1.54) is 6.08 Å². The Labute approximate surface area is 150 Å². The van der Waals surface area contributed by atoms with Crippen LogP contribution in [0.1, 0.15) is 12.5 Å². The Kier molecular flexibility index (Phi) is 5.45. The summed E-state index contributed by atoms with van der Waals surface area (Å²) in [7, 11) is 0. The number of morpholine rings is 1. The number of carbonyl (C=O) groups is 2. The summed E-state index contributed by atoms with van der Waals surface area (Å²) in [6.45, 7) is 3.94. The summed E-state index contributed by atoms with van der Waals surface area (Å²) in [6, 6.07) is 2.82. The molecule has 2 heterocycles. The maximum Gasteiger partial charge on any atom is 0.245 e. The third-order valence-electron chi connectivity index (χ3n) is 3.93. The maximum atomic E-state index is 12.3. The number of fused-ring (bicyclic) bond motifs is 1. The van der Waals surface area contributed by atoms with Gasteiger partial charge in [-0.2, -0.15) is 0 Å². The van der Waals surface area contributed by atoms with Crippen molar-refractivity contribution in [2.75, 3.05) is 33.1 Å². The van der Waals surface area contributed by atoms with Crippen LogP contribution < -0.4 is 14.8 Å². The van der Waals surface area contributed by atoms with Gasteiger partial charge in [0.1, 0.15) is 6.04 Å². The van der Waals surface area contributed by atoms with Crippen LogP contribution in [0.4, 0.5) is 0 Å². The molecule has 1 N–H and O–H groups in total. The molecule has 2 aliphatic heterocycles. The number of nitrogens with one attached hydrogen (secondary N) is 1. The largest absolute Gasteiger partial charge is 0.454 e. The molecule has 2 aliphatic rings. The molecule has 0 radical (unpaired) electrons. The number of benzene rings is 1. The highest BCUT2D eigenvalue weighted by Gasteiger charge is 2.23. The van der Waals surface area contributed by atoms with Gasteiger partial charge in [0.2, 0.25) is 18.6 Å². The summed E-state index contributed by atoms with van der Waals surface area (Å²) in [5.74, 6) is 0.579. The molecule has 1 saturated heterocycles. The van der Waals surface area contributed by atoms with Gasteiger partial charge in [-0.3, -0.25) is 9.59 Å². The van der Waals surface area contributed by atoms with Crippen molar-refractivity contribution < 1.29 is 23.8 Å². The van der Waals surface area contributed by atoms with E-state index in [0.29, 0.717) is 48.4 Å². The van der Waals surface area contributed by atoms with Gasteiger partial charge in [0.15, 0.2) is 11.5 Å². The maximum absolute atomic E-state index is 12.3. The molecule has 0 bridgehead atoms. The minimum atomic E-state index is -0.601. The van der Waals surface area contributed by atoms with E-state index in [0.717, 1.165) is 0 Å². The summed E-state index contributed by atoms with van der Waals surface area (Å²) in [5.41, 5.74) is 0.705. The predicted molar refractivity (Wildman–Crippen MR) is 91.6 cm³/mol. The van der Waals surface area contributed by atoms with Crippen LogP contribution in [0.3, 0.4) is 0 Å². The van der Waals surface area contributed by atoms with Gasteiger partial charge in [-0.05, 0) is 30.7 Å². The lowest BCUT2D eigenvalue weighted by atomic mass is 10.2. The fourth-order valence-corrected chi connectivity index (χ4v) is 2.91. The standard InChI is InChI=1S/C17H19ClN2O5/c1-11(17(22)20-4-6-23-7-5-20)19-15(21)3-2-12-8-13(18)16-14(9-12)24-10-25-16/h2-3,8-9,11H,4-7,10H2,1H3,(H,19,21)/b3-2+. The molecule has 1 fully saturated rings. The molecular weight excluding hydrogens is 348 g/mol. The molecule has 8 heteroatoms. The molecule has 0 saturated carbocycles. The zero-order chi connectivity index (χ0) is 17.8. The van der Waals surface area contributed by atoms with Crippen LogP contribution in [-0.2, 0) is 14.3 Å². The number of nitrogens with zero attached hydrogens (tertiary/aromatic N) is 1. The van der Waals surface area contributed by atoms with Crippen molar-refractivity contribution in [1.82, 2.24) is 10.2 Å². The zero-order valence-electron chi connectivity index (χ0n) is 13.8. The average Bonchev–Trinajstić information content (AvgIpc) is 3.09. The Morgan fingerprint density at radius 1 is 1.28 bits per heavy atom. The van der Waals surface area contributed by atoms with Crippen LogP contribution in [0.25, 0.3) is 6.08 Å². The Morgan fingerprint density at radius 3 is 2.80 bits per heavy atom. The second-order valence-electron chi connectivity index (χ2n) is 5.74. The first-order chi connectivity index (χ1) is 12.0. The highest BCUT2D eigenvalue weighted by atomic mass is 35.5. The third-order valence-corrected chi connectivity index (χ3v) is 4.21. The number of hydrogen-bond acceptors (Lipinski definition) is 5. The molecule has 2 amide bonds. The first-order valence-electron chi connectivity index (χ1n) is 7.99. The smallest absolute Gasteiger partial charge is 0.245 e. The number of ether oxygens (including phenoxy) is 3. The minimum Gasteiger partial charge on any atom is -0.454 e. The molecule has 1 aromatic carbocycles. The lowest BCUT2D eigenvalue weighted by Crippen LogP contribution is -2.50. The normalized spacial score (nSPS) is 17.6. The average molecular weight is 367 g/mol. The SMILES string of the molecule is CC(NC(=O)/C=C/c1cc(Cl)c2c(c1)OCO2)C(=O)N1CCOCC1. The summed E-state index contributed by atoms with van der Waals surface area (Å²) in [4.78, 5) is 26.0. The van der Waals surface area contributed by atoms with Gasteiger partial charge < -0.3 is 24.4 Å². The summed E-state index contributed by atoms with van der Waals surface area (Å²) in [6.07, 6.45) is 2.96. The van der Waals surface area contributed by atoms with Crippen molar-refractivity contribution in [3.63, 3.8) is 0 Å². The monoisotopic (exact) mass is 366 g/mol. The highest BCUT2D eigenvalue weighted by molar-refractivity contribution is 6.32. The second kappa shape index (κ2) is 7.76. The Morgan fingerprint density at radius 2 is 2.04 bits per heavy atom. The molecule has 0 spiro atoms. The van der Waals surface area contributed by atoms with Crippen molar-refractivity contribution in [3.05, 3.63) is 28.8 Å². The van der Waals surface area contributed by atoms with Gasteiger partial charge in [0.25, 0.3) is 0 Å². The van der Waals surface area contributed by atoms with E-state index in [-0.39, 0.29) is 18.6 Å². The molecular formula is C17H19ClN2O5. The quantitative estimate of drug-likeness (QED) is 0.816. The topological polar surface area (TPSA) is 77.1 Å². The zero-order valence-corrected chi connectivity index (χ0v) is 14.5. The second-order valence-corrected chi connectivity index (χ2v) is 6.14. The predicted octanol–water partition coefficient (Wildman–Crippen LogP) is 1.45. The van der Waals surface area contributed by atoms with Crippen LogP contribution in [0, 0.1) is 0 Å². The van der Waals surface area contributed by atoms with Crippen molar-refractivity contribution in [2.45, 2.75) is 13.0 Å². The van der Waals surface area contributed by atoms with E-state index in [2.05, 4.69) is 5.32 Å². The third kappa shape index (κ3) is 4.24. The summed E-state index contributed by atoms with van der Waals surface area (Å²) < 4.78 is 15.7. The molecule has 0 aliphatic carbocycles. The number of hydrogen-bond donors (Lipinski definition) is 1. The van der Waals surface area contributed by atoms with E-state index in [1.54, 1.807) is 30.0 Å². The van der Waals surface area contributed by atoms with Gasteiger partial charge in [-0.15, -0.1) is 0 Å². The number of carbonyl (C=O) groups excluding carboxylic acids is 2. The molecule has 1 aromatic rings. The molecule has 25 heavy (non-hydrogen) atoms. The van der Waals surface area contributed by atoms with Crippen LogP contribution >= 0.6 is 11.6 Å². The van der Waals surface area contributed by atoms with Crippen LogP contribution in [0.15, 0.2) is 18.2 Å². The number of halogens is 1. The Bertz CT molecular complexity index is 701. The molecule has 3 rings (SSSR count). The molecule has 134 valence electrons. The molecule has 0 aromatic heterocycles. The number of rotatable bonds is 4. The Hall–Kier alpha value is -2.25. The van der Waals surface area contributed by atoms with Gasteiger partial charge in [-0.25, -0.2) is 0 Å². The first-order valence-corrected chi connectivity index (χ1v) is 8.36. The van der Waals surface area contributed by atoms with Gasteiger partial charge in [-0.1, -0.05) is 11.6 Å². The van der Waals surface area contributed by atoms with Crippen molar-refractivity contribution in [3.8, 4) is 11.5 Å². The van der Waals surface area contributed by atoms with Crippen LogP contribution in [-0.4, -0.2) is 55.9 Å². The molecule has 7 nitrogen and oxygen atoms in total. The molecule has 1 atom stereocenters. The van der Waals surface area contributed by atoms with E-state index in [9.17, 15) is 9.59 Å². The van der Waals surface area contributed by atoms with E-state index in [4.69, 9.17) is 25.8 Å². The van der Waals surface area contributed by atoms with Crippen LogP contribution in [0.2, 0.25) is 5.02 Å². The lowest BCUT2D eigenvalue weighted by Gasteiger charge is -2.29. The fourth-order valence-electron chi connectivity index (χ4n) is 2.64. The first kappa shape index (κ1) is 17.6. The summed E-state index contributed by atoms with van der Waals surface area (Å²) >= 11 is 6.10. The van der Waals surface area contributed by atoms with Crippen LogP contribution in [0.5, 0.6) is 11.5 Å². The summed E-state index contributed by atoms with van der Waals surface area (Å²) in [5, 5.41) is 3.09. The van der Waals surface area contributed by atoms with Crippen molar-refractivity contribution in [1.29, 1.82) is 0 Å². The van der Waals surface area contributed by atoms with E-state index >= 15 is 0 Å². The Balaban J connectivity index is 1.57. The van der Waals surface area contributed by atoms with Gasteiger partial charge in [0.05, 0.1) is 18.2 Å².